The van der Waals surface area contributed by atoms with E-state index in [0.717, 1.165) is 0 Å². The number of carbonyl (C=O) groups is 1. The topological polar surface area (TPSA) is 89.9 Å². The molecule has 0 bridgehead atoms. The summed E-state index contributed by atoms with van der Waals surface area (Å²) in [5, 5.41) is 2.59. The van der Waals surface area contributed by atoms with Gasteiger partial charge in [0.1, 0.15) is 0 Å². The van der Waals surface area contributed by atoms with Crippen LogP contribution < -0.4 is 5.32 Å². The lowest BCUT2D eigenvalue weighted by Gasteiger charge is -2.21. The first-order valence-electron chi connectivity index (χ1n) is 4.25. The summed E-state index contributed by atoms with van der Waals surface area (Å²) >= 11 is 0. The lowest BCUT2D eigenvalue weighted by Crippen LogP contribution is -2.40. The molecule has 1 rings (SSSR count). The van der Waals surface area contributed by atoms with Crippen LogP contribution in [0.25, 0.3) is 0 Å². The molecule has 6 nitrogen and oxygen atoms in total. The van der Waals surface area contributed by atoms with E-state index in [1.807, 2.05) is 0 Å². The van der Waals surface area contributed by atoms with Gasteiger partial charge in [0.25, 0.3) is 0 Å². The van der Waals surface area contributed by atoms with Crippen molar-refractivity contribution >= 4 is 13.6 Å². The van der Waals surface area contributed by atoms with Crippen molar-refractivity contribution in [1.82, 2.24) is 10.2 Å². The van der Waals surface area contributed by atoms with E-state index in [9.17, 15) is 9.36 Å². The van der Waals surface area contributed by atoms with Gasteiger partial charge >= 0.3 is 13.6 Å². The van der Waals surface area contributed by atoms with Crippen LogP contribution in [-0.2, 0) is 4.57 Å². The molecule has 7 heteroatoms. The van der Waals surface area contributed by atoms with Crippen molar-refractivity contribution in [3.8, 4) is 0 Å². The quantitative estimate of drug-likeness (QED) is 0.586. The minimum atomic E-state index is -3.94. The summed E-state index contributed by atoms with van der Waals surface area (Å²) < 4.78 is 10.5. The second kappa shape index (κ2) is 4.59. The standard InChI is InChI=1S/C7H13N2O4P/c10-7-8-3-1-4-9(7)5-2-6-14(11,12)13/h1,4H,2-3,5-6H2,(H,8,10)(H2,11,12,13). The van der Waals surface area contributed by atoms with Crippen LogP contribution >= 0.6 is 7.60 Å². The van der Waals surface area contributed by atoms with Gasteiger partial charge in [0.15, 0.2) is 0 Å². The number of hydrogen-bond donors (Lipinski definition) is 3. The van der Waals surface area contributed by atoms with Crippen molar-refractivity contribution in [1.29, 1.82) is 0 Å². The van der Waals surface area contributed by atoms with Crippen molar-refractivity contribution in [2.75, 3.05) is 19.3 Å². The number of rotatable bonds is 4. The molecule has 0 atom stereocenters. The first-order valence-corrected chi connectivity index (χ1v) is 6.04. The molecule has 0 unspecified atom stereocenters. The van der Waals surface area contributed by atoms with E-state index in [0.29, 0.717) is 19.5 Å². The Hall–Kier alpha value is -0.840. The van der Waals surface area contributed by atoms with Gasteiger partial charge in [-0.3, -0.25) is 4.57 Å². The van der Waals surface area contributed by atoms with Crippen molar-refractivity contribution in [2.24, 2.45) is 0 Å². The third-order valence-corrected chi connectivity index (χ3v) is 2.66. The molecule has 0 aliphatic carbocycles. The van der Waals surface area contributed by atoms with Crippen molar-refractivity contribution in [3.05, 3.63) is 12.3 Å². The fraction of sp³-hybridized carbons (Fsp3) is 0.571. The van der Waals surface area contributed by atoms with Crippen LogP contribution in [0.15, 0.2) is 12.3 Å². The molecule has 14 heavy (non-hydrogen) atoms. The van der Waals surface area contributed by atoms with Gasteiger partial charge in [0.2, 0.25) is 0 Å². The molecule has 0 fully saturated rings. The molecule has 2 amide bonds. The molecule has 0 aromatic rings. The molecule has 0 aromatic carbocycles. The van der Waals surface area contributed by atoms with Gasteiger partial charge in [-0.2, -0.15) is 0 Å². The summed E-state index contributed by atoms with van der Waals surface area (Å²) in [6.45, 7) is 0.835. The number of carbonyl (C=O) groups excluding carboxylic acids is 1. The Morgan fingerprint density at radius 1 is 1.57 bits per heavy atom. The van der Waals surface area contributed by atoms with Crippen LogP contribution in [0, 0.1) is 0 Å². The third kappa shape index (κ3) is 3.91. The van der Waals surface area contributed by atoms with Crippen LogP contribution in [0.2, 0.25) is 0 Å². The Morgan fingerprint density at radius 2 is 2.29 bits per heavy atom. The summed E-state index contributed by atoms with van der Waals surface area (Å²) in [4.78, 5) is 29.7. The Labute approximate surface area is 81.8 Å². The van der Waals surface area contributed by atoms with Crippen LogP contribution in [0.4, 0.5) is 4.79 Å². The van der Waals surface area contributed by atoms with Gasteiger partial charge in [-0.05, 0) is 12.5 Å². The molecule has 0 radical (unpaired) electrons. The highest BCUT2D eigenvalue weighted by atomic mass is 31.2. The second-order valence-electron chi connectivity index (χ2n) is 3.01. The first kappa shape index (κ1) is 11.2. The Kier molecular flexibility index (Phi) is 3.69. The molecule has 1 aliphatic heterocycles. The number of hydrogen-bond acceptors (Lipinski definition) is 2. The molecular formula is C7H13N2O4P. The molecule has 1 heterocycles. The van der Waals surface area contributed by atoms with E-state index in [1.54, 1.807) is 12.3 Å². The van der Waals surface area contributed by atoms with E-state index in [-0.39, 0.29) is 12.2 Å². The number of nitrogens with one attached hydrogen (secondary N) is 1. The summed E-state index contributed by atoms with van der Waals surface area (Å²) in [6, 6.07) is -0.224. The van der Waals surface area contributed by atoms with E-state index >= 15 is 0 Å². The highest BCUT2D eigenvalue weighted by molar-refractivity contribution is 7.51. The molecule has 1 aliphatic rings. The van der Waals surface area contributed by atoms with Gasteiger partial charge in [0.05, 0.1) is 6.16 Å². The third-order valence-electron chi connectivity index (χ3n) is 1.77. The predicted molar refractivity (Wildman–Crippen MR) is 50.8 cm³/mol. The van der Waals surface area contributed by atoms with Gasteiger partial charge < -0.3 is 20.0 Å². The highest BCUT2D eigenvalue weighted by Crippen LogP contribution is 2.34. The highest BCUT2D eigenvalue weighted by Gasteiger charge is 2.16. The van der Waals surface area contributed by atoms with Gasteiger partial charge in [0, 0.05) is 19.3 Å². The average Bonchev–Trinajstić information content (AvgIpc) is 2.06. The normalized spacial score (nSPS) is 17.0. The Morgan fingerprint density at radius 3 is 2.86 bits per heavy atom. The molecule has 0 saturated heterocycles. The number of amides is 2. The zero-order valence-electron chi connectivity index (χ0n) is 7.59. The maximum atomic E-state index is 11.1. The maximum Gasteiger partial charge on any atom is 0.325 e. The monoisotopic (exact) mass is 220 g/mol. The van der Waals surface area contributed by atoms with E-state index < -0.39 is 7.60 Å². The lowest BCUT2D eigenvalue weighted by molar-refractivity contribution is 0.213. The van der Waals surface area contributed by atoms with Crippen LogP contribution in [0.5, 0.6) is 0 Å². The number of urea groups is 1. The molecule has 0 aromatic heterocycles. The Bertz CT molecular complexity index is 285. The van der Waals surface area contributed by atoms with Gasteiger partial charge in [-0.1, -0.05) is 0 Å². The summed E-state index contributed by atoms with van der Waals surface area (Å²) in [5.41, 5.74) is 0. The summed E-state index contributed by atoms with van der Waals surface area (Å²) in [7, 11) is -3.94. The zero-order chi connectivity index (χ0) is 10.6. The smallest absolute Gasteiger partial charge is 0.325 e. The minimum absolute atomic E-state index is 0.190. The average molecular weight is 220 g/mol. The van der Waals surface area contributed by atoms with Crippen molar-refractivity contribution in [3.63, 3.8) is 0 Å². The second-order valence-corrected chi connectivity index (χ2v) is 4.78. The van der Waals surface area contributed by atoms with Crippen LogP contribution in [-0.4, -0.2) is 40.0 Å². The summed E-state index contributed by atoms with van der Waals surface area (Å²) in [6.07, 6.45) is 3.50. The SMILES string of the molecule is O=C1NCC=CN1CCCP(=O)(O)O. The largest absolute Gasteiger partial charge is 0.334 e. The van der Waals surface area contributed by atoms with Crippen LogP contribution in [0.3, 0.4) is 0 Å². The molecule has 0 spiro atoms. The minimum Gasteiger partial charge on any atom is -0.334 e. The van der Waals surface area contributed by atoms with Crippen molar-refractivity contribution in [2.45, 2.75) is 6.42 Å². The predicted octanol–water partition coefficient (Wildman–Crippen LogP) is 0.0931. The molecular weight excluding hydrogens is 207 g/mol. The van der Waals surface area contributed by atoms with Crippen molar-refractivity contribution < 1.29 is 19.1 Å². The molecule has 80 valence electrons. The summed E-state index contributed by atoms with van der Waals surface area (Å²) in [5.74, 6) is 0. The van der Waals surface area contributed by atoms with E-state index in [4.69, 9.17) is 9.79 Å². The van der Waals surface area contributed by atoms with Gasteiger partial charge in [-0.15, -0.1) is 0 Å². The van der Waals surface area contributed by atoms with E-state index in [2.05, 4.69) is 5.32 Å². The maximum absolute atomic E-state index is 11.1. The zero-order valence-corrected chi connectivity index (χ0v) is 8.48. The lowest BCUT2D eigenvalue weighted by atomic mass is 10.4. The fourth-order valence-corrected chi connectivity index (χ4v) is 1.67. The van der Waals surface area contributed by atoms with Crippen LogP contribution in [0.1, 0.15) is 6.42 Å². The Balaban J connectivity index is 2.31. The van der Waals surface area contributed by atoms with E-state index in [1.165, 1.54) is 4.90 Å². The molecule has 0 saturated carbocycles. The first-order chi connectivity index (χ1) is 6.49. The molecule has 3 N–H and O–H groups in total. The van der Waals surface area contributed by atoms with Gasteiger partial charge in [-0.25, -0.2) is 4.79 Å². The fourth-order valence-electron chi connectivity index (χ4n) is 1.12. The number of nitrogens with zero attached hydrogens (tertiary/aromatic N) is 1.